The van der Waals surface area contributed by atoms with Gasteiger partial charge in [-0.2, -0.15) is 0 Å². The summed E-state index contributed by atoms with van der Waals surface area (Å²) < 4.78 is 8.93. The Morgan fingerprint density at radius 2 is 1.12 bits per heavy atom. The molecule has 0 saturated heterocycles. The van der Waals surface area contributed by atoms with Gasteiger partial charge in [-0.25, -0.2) is 9.97 Å². The van der Waals surface area contributed by atoms with Crippen LogP contribution in [0.15, 0.2) is 174 Å². The van der Waals surface area contributed by atoms with Crippen molar-refractivity contribution in [2.24, 2.45) is 0 Å². The quantitative estimate of drug-likeness (QED) is 0.174. The van der Waals surface area contributed by atoms with E-state index in [4.69, 9.17) is 14.4 Å². The van der Waals surface area contributed by atoms with Crippen molar-refractivity contribution in [1.82, 2.24) is 9.97 Å². The number of nitrogens with zero attached hydrogens (tertiary/aromatic N) is 2. The predicted octanol–water partition coefficient (Wildman–Crippen LogP) is 13.7. The summed E-state index contributed by atoms with van der Waals surface area (Å²) in [6, 6.07) is 60.2. The summed E-state index contributed by atoms with van der Waals surface area (Å²) in [4.78, 5) is 10.7. The molecule has 0 aliphatic rings. The molecule has 0 unspecified atom stereocenters. The van der Waals surface area contributed by atoms with Gasteiger partial charge in [0.05, 0.1) is 15.9 Å². The van der Waals surface area contributed by atoms with E-state index in [9.17, 15) is 0 Å². The molecule has 0 saturated carbocycles. The van der Waals surface area contributed by atoms with E-state index in [0.29, 0.717) is 5.82 Å². The molecule has 0 radical (unpaired) electrons. The van der Waals surface area contributed by atoms with Crippen LogP contribution in [0.4, 0.5) is 0 Å². The molecule has 3 aromatic heterocycles. The molecule has 242 valence electrons. The zero-order valence-electron chi connectivity index (χ0n) is 27.9. The molecule has 0 aliphatic heterocycles. The molecular weight excluding hydrogens is 653 g/mol. The lowest BCUT2D eigenvalue weighted by Gasteiger charge is -2.11. The fourth-order valence-corrected chi connectivity index (χ4v) is 8.98. The minimum absolute atomic E-state index is 0.691. The molecule has 0 spiro atoms. The molecule has 3 heterocycles. The second-order valence-electron chi connectivity index (χ2n) is 13.3. The summed E-state index contributed by atoms with van der Waals surface area (Å²) in [6.45, 7) is 0. The molecule has 4 heteroatoms. The van der Waals surface area contributed by atoms with Gasteiger partial charge in [0.15, 0.2) is 5.82 Å². The Balaban J connectivity index is 1.11. The van der Waals surface area contributed by atoms with Crippen molar-refractivity contribution < 1.29 is 4.42 Å². The Labute approximate surface area is 303 Å². The van der Waals surface area contributed by atoms with Crippen LogP contribution in [-0.2, 0) is 0 Å². The van der Waals surface area contributed by atoms with Crippen LogP contribution in [0.25, 0.3) is 109 Å². The van der Waals surface area contributed by atoms with Crippen molar-refractivity contribution in [3.63, 3.8) is 0 Å². The number of hydrogen-bond acceptors (Lipinski definition) is 4. The van der Waals surface area contributed by atoms with Crippen LogP contribution in [0.5, 0.6) is 0 Å². The van der Waals surface area contributed by atoms with E-state index in [1.165, 1.54) is 42.9 Å². The van der Waals surface area contributed by atoms with E-state index in [-0.39, 0.29) is 0 Å². The second-order valence-corrected chi connectivity index (χ2v) is 14.3. The Bertz CT molecular complexity index is 3180. The van der Waals surface area contributed by atoms with Crippen LogP contribution < -0.4 is 0 Å². The minimum Gasteiger partial charge on any atom is -0.456 e. The normalized spacial score (nSPS) is 11.8. The largest absolute Gasteiger partial charge is 0.456 e. The first-order valence-electron chi connectivity index (χ1n) is 17.5. The average molecular weight is 681 g/mol. The number of fused-ring (bicyclic) bond motifs is 9. The van der Waals surface area contributed by atoms with Gasteiger partial charge in [0.25, 0.3) is 0 Å². The van der Waals surface area contributed by atoms with E-state index >= 15 is 0 Å². The van der Waals surface area contributed by atoms with Gasteiger partial charge in [-0.05, 0) is 74.1 Å². The molecule has 0 amide bonds. The summed E-state index contributed by atoms with van der Waals surface area (Å²) in [5.41, 5.74) is 10.3. The van der Waals surface area contributed by atoms with Crippen LogP contribution in [0.2, 0.25) is 0 Å². The monoisotopic (exact) mass is 680 g/mol. The first kappa shape index (κ1) is 29.1. The number of hydrogen-bond donors (Lipinski definition) is 0. The summed E-state index contributed by atoms with van der Waals surface area (Å²) in [5.74, 6) is 0.691. The highest BCUT2D eigenvalue weighted by atomic mass is 32.1. The lowest BCUT2D eigenvalue weighted by molar-refractivity contribution is 0.669. The lowest BCUT2D eigenvalue weighted by atomic mass is 9.93. The van der Waals surface area contributed by atoms with E-state index < -0.39 is 0 Å². The maximum absolute atomic E-state index is 6.64. The summed E-state index contributed by atoms with van der Waals surface area (Å²) in [6.07, 6.45) is 0. The summed E-state index contributed by atoms with van der Waals surface area (Å²) in [5, 5.41) is 8.18. The Morgan fingerprint density at radius 3 is 1.98 bits per heavy atom. The Kier molecular flexibility index (Phi) is 6.42. The van der Waals surface area contributed by atoms with Crippen LogP contribution in [-0.4, -0.2) is 9.97 Å². The van der Waals surface area contributed by atoms with E-state index in [1.54, 1.807) is 11.3 Å². The first-order valence-corrected chi connectivity index (χ1v) is 18.3. The lowest BCUT2D eigenvalue weighted by Crippen LogP contribution is -1.94. The third-order valence-corrected chi connectivity index (χ3v) is 11.5. The van der Waals surface area contributed by atoms with Gasteiger partial charge in [0, 0.05) is 32.0 Å². The summed E-state index contributed by atoms with van der Waals surface area (Å²) >= 11 is 1.75. The smallest absolute Gasteiger partial charge is 0.161 e. The van der Waals surface area contributed by atoms with Crippen molar-refractivity contribution in [2.45, 2.75) is 0 Å². The van der Waals surface area contributed by atoms with Crippen molar-refractivity contribution >= 4 is 75.1 Å². The van der Waals surface area contributed by atoms with Crippen molar-refractivity contribution in [2.75, 3.05) is 0 Å². The highest BCUT2D eigenvalue weighted by molar-refractivity contribution is 7.26. The van der Waals surface area contributed by atoms with Gasteiger partial charge in [-0.3, -0.25) is 0 Å². The molecular formula is C48H28N2OS. The molecule has 0 bridgehead atoms. The SMILES string of the molecule is c1ccc(-c2ccc(-c3nc(-c4cccc5oc6cc(-c7cc8ccccc8c8ccccc78)ccc6c45)nc4c3sc3ccccc34)cc2)cc1. The molecule has 11 aromatic rings. The predicted molar refractivity (Wildman–Crippen MR) is 219 cm³/mol. The van der Waals surface area contributed by atoms with Gasteiger partial charge in [0.2, 0.25) is 0 Å². The van der Waals surface area contributed by atoms with Crippen LogP contribution in [0.3, 0.4) is 0 Å². The fraction of sp³-hybridized carbons (Fsp3) is 0. The molecule has 0 fully saturated rings. The second kappa shape index (κ2) is 11.5. The van der Waals surface area contributed by atoms with Crippen LogP contribution in [0, 0.1) is 0 Å². The van der Waals surface area contributed by atoms with Crippen molar-refractivity contribution in [3.8, 4) is 44.9 Å². The van der Waals surface area contributed by atoms with Gasteiger partial charge in [-0.15, -0.1) is 11.3 Å². The molecule has 0 N–H and O–H groups in total. The summed E-state index contributed by atoms with van der Waals surface area (Å²) in [7, 11) is 0. The van der Waals surface area contributed by atoms with Gasteiger partial charge in [-0.1, -0.05) is 140 Å². The van der Waals surface area contributed by atoms with Crippen LogP contribution >= 0.6 is 11.3 Å². The Hall–Kier alpha value is -6.62. The fourth-order valence-electron chi connectivity index (χ4n) is 7.83. The van der Waals surface area contributed by atoms with Crippen molar-refractivity contribution in [3.05, 3.63) is 170 Å². The van der Waals surface area contributed by atoms with E-state index in [0.717, 1.165) is 59.9 Å². The highest BCUT2D eigenvalue weighted by Crippen LogP contribution is 2.43. The molecule has 8 aromatic carbocycles. The number of rotatable bonds is 4. The molecule has 0 atom stereocenters. The maximum Gasteiger partial charge on any atom is 0.161 e. The number of aromatic nitrogens is 2. The zero-order chi connectivity index (χ0) is 34.2. The maximum atomic E-state index is 6.64. The number of furan rings is 1. The first-order chi connectivity index (χ1) is 25.8. The number of thiophene rings is 1. The zero-order valence-corrected chi connectivity index (χ0v) is 28.7. The topological polar surface area (TPSA) is 38.9 Å². The Morgan fingerprint density at radius 1 is 0.423 bits per heavy atom. The molecule has 11 rings (SSSR count). The van der Waals surface area contributed by atoms with Gasteiger partial charge in [0.1, 0.15) is 11.2 Å². The molecule has 52 heavy (non-hydrogen) atoms. The third-order valence-electron chi connectivity index (χ3n) is 10.3. The standard InChI is InChI=1S/C48H28N2OS/c1-2-11-29(12-3-1)30-21-23-31(24-22-30)45-47-46(38-17-8-9-20-43(38)52-47)50-48(49-45)39-18-10-19-41-44(39)37-26-25-33(28-42(37)51-41)40-27-32-13-4-5-14-34(32)35-15-6-7-16-36(35)40/h1-28H. The van der Waals surface area contributed by atoms with Crippen molar-refractivity contribution in [1.29, 1.82) is 0 Å². The highest BCUT2D eigenvalue weighted by Gasteiger charge is 2.20. The molecule has 3 nitrogen and oxygen atoms in total. The number of benzene rings is 8. The molecule has 0 aliphatic carbocycles. The van der Waals surface area contributed by atoms with Gasteiger partial charge < -0.3 is 4.42 Å². The average Bonchev–Trinajstić information content (AvgIpc) is 3.79. The van der Waals surface area contributed by atoms with Crippen LogP contribution in [0.1, 0.15) is 0 Å². The van der Waals surface area contributed by atoms with Gasteiger partial charge >= 0.3 is 0 Å². The minimum atomic E-state index is 0.691. The third kappa shape index (κ3) is 4.51. The van der Waals surface area contributed by atoms with E-state index in [2.05, 4.69) is 152 Å². The van der Waals surface area contributed by atoms with E-state index in [1.807, 2.05) is 18.2 Å².